The van der Waals surface area contributed by atoms with Crippen molar-refractivity contribution in [3.05, 3.63) is 29.3 Å². The van der Waals surface area contributed by atoms with Crippen molar-refractivity contribution in [3.8, 4) is 5.75 Å². The van der Waals surface area contributed by atoms with E-state index in [1.807, 2.05) is 13.0 Å². The SMILES string of the molecule is Cc1cc(C(C)O)ccc1OCC(C)(C)C(=O)O. The van der Waals surface area contributed by atoms with Gasteiger partial charge >= 0.3 is 5.97 Å². The first-order valence-electron chi connectivity index (χ1n) is 5.89. The van der Waals surface area contributed by atoms with Crippen LogP contribution in [-0.2, 0) is 4.79 Å². The topological polar surface area (TPSA) is 66.8 Å². The maximum atomic E-state index is 11.0. The highest BCUT2D eigenvalue weighted by Crippen LogP contribution is 2.25. The van der Waals surface area contributed by atoms with Crippen LogP contribution in [0.3, 0.4) is 0 Å². The molecule has 100 valence electrons. The third-order valence-electron chi connectivity index (χ3n) is 2.85. The molecule has 0 saturated heterocycles. The van der Waals surface area contributed by atoms with E-state index in [0.29, 0.717) is 5.75 Å². The molecule has 0 heterocycles. The van der Waals surface area contributed by atoms with Gasteiger partial charge in [-0.25, -0.2) is 0 Å². The van der Waals surface area contributed by atoms with E-state index in [4.69, 9.17) is 9.84 Å². The largest absolute Gasteiger partial charge is 0.492 e. The highest BCUT2D eigenvalue weighted by atomic mass is 16.5. The van der Waals surface area contributed by atoms with Crippen LogP contribution in [0.15, 0.2) is 18.2 Å². The summed E-state index contributed by atoms with van der Waals surface area (Å²) in [6, 6.07) is 5.38. The van der Waals surface area contributed by atoms with Gasteiger partial charge in [-0.3, -0.25) is 4.79 Å². The van der Waals surface area contributed by atoms with Crippen molar-refractivity contribution >= 4 is 5.97 Å². The predicted molar refractivity (Wildman–Crippen MR) is 68.7 cm³/mol. The van der Waals surface area contributed by atoms with Gasteiger partial charge in [-0.2, -0.15) is 0 Å². The summed E-state index contributed by atoms with van der Waals surface area (Å²) in [6.07, 6.45) is -0.520. The number of hydrogen-bond donors (Lipinski definition) is 2. The Bertz CT molecular complexity index is 435. The minimum absolute atomic E-state index is 0.108. The molecule has 4 nitrogen and oxygen atoms in total. The fourth-order valence-corrected chi connectivity index (χ4v) is 1.41. The summed E-state index contributed by atoms with van der Waals surface area (Å²) in [6.45, 7) is 6.92. The second kappa shape index (κ2) is 5.40. The first-order valence-corrected chi connectivity index (χ1v) is 5.89. The maximum absolute atomic E-state index is 11.0. The van der Waals surface area contributed by atoms with Crippen LogP contribution >= 0.6 is 0 Å². The molecule has 0 aliphatic heterocycles. The van der Waals surface area contributed by atoms with Crippen molar-refractivity contribution in [1.29, 1.82) is 0 Å². The monoisotopic (exact) mass is 252 g/mol. The second-order valence-corrected chi connectivity index (χ2v) is 5.18. The summed E-state index contributed by atoms with van der Waals surface area (Å²) in [5.41, 5.74) is 0.780. The molecule has 0 radical (unpaired) electrons. The molecule has 18 heavy (non-hydrogen) atoms. The first-order chi connectivity index (χ1) is 8.24. The minimum Gasteiger partial charge on any atom is -0.492 e. The minimum atomic E-state index is -0.921. The van der Waals surface area contributed by atoms with Crippen molar-refractivity contribution in [3.63, 3.8) is 0 Å². The molecule has 1 aromatic carbocycles. The molecule has 0 aliphatic rings. The number of hydrogen-bond acceptors (Lipinski definition) is 3. The van der Waals surface area contributed by atoms with E-state index in [1.54, 1.807) is 32.9 Å². The number of aliphatic hydroxyl groups excluding tert-OH is 1. The molecule has 0 aromatic heterocycles. The quantitative estimate of drug-likeness (QED) is 0.845. The van der Waals surface area contributed by atoms with E-state index in [-0.39, 0.29) is 6.61 Å². The highest BCUT2D eigenvalue weighted by Gasteiger charge is 2.28. The Morgan fingerprint density at radius 2 is 2.06 bits per heavy atom. The van der Waals surface area contributed by atoms with Crippen LogP contribution in [0.1, 0.15) is 38.0 Å². The predicted octanol–water partition coefficient (Wildman–Crippen LogP) is 2.54. The number of aryl methyl sites for hydroxylation is 1. The Hall–Kier alpha value is -1.55. The van der Waals surface area contributed by atoms with E-state index in [0.717, 1.165) is 11.1 Å². The van der Waals surface area contributed by atoms with Crippen molar-refractivity contribution in [2.75, 3.05) is 6.61 Å². The first kappa shape index (κ1) is 14.5. The van der Waals surface area contributed by atoms with Gasteiger partial charge in [-0.1, -0.05) is 6.07 Å². The number of rotatable bonds is 5. The summed E-state index contributed by atoms with van der Waals surface area (Å²) in [5.74, 6) is -0.241. The zero-order valence-electron chi connectivity index (χ0n) is 11.2. The summed E-state index contributed by atoms with van der Waals surface area (Å²) in [4.78, 5) is 11.0. The van der Waals surface area contributed by atoms with Gasteiger partial charge in [0.1, 0.15) is 12.4 Å². The summed E-state index contributed by atoms with van der Waals surface area (Å²) in [5, 5.41) is 18.4. The van der Waals surface area contributed by atoms with Gasteiger partial charge in [0.15, 0.2) is 0 Å². The zero-order chi connectivity index (χ0) is 13.9. The molecule has 1 aromatic rings. The lowest BCUT2D eigenvalue weighted by Crippen LogP contribution is -2.30. The summed E-state index contributed by atoms with van der Waals surface area (Å²) >= 11 is 0. The molecule has 1 unspecified atom stereocenters. The average Bonchev–Trinajstić information content (AvgIpc) is 2.26. The van der Waals surface area contributed by atoms with Crippen LogP contribution in [0.2, 0.25) is 0 Å². The molecular weight excluding hydrogens is 232 g/mol. The number of carboxylic acids is 1. The van der Waals surface area contributed by atoms with E-state index < -0.39 is 17.5 Å². The number of carbonyl (C=O) groups is 1. The number of ether oxygens (including phenoxy) is 1. The number of aliphatic carboxylic acids is 1. The highest BCUT2D eigenvalue weighted by molar-refractivity contribution is 5.73. The fraction of sp³-hybridized carbons (Fsp3) is 0.500. The molecule has 4 heteroatoms. The van der Waals surface area contributed by atoms with Gasteiger partial charge in [0.05, 0.1) is 11.5 Å². The van der Waals surface area contributed by atoms with E-state index >= 15 is 0 Å². The molecule has 0 saturated carbocycles. The molecule has 0 aliphatic carbocycles. The second-order valence-electron chi connectivity index (χ2n) is 5.18. The lowest BCUT2D eigenvalue weighted by Gasteiger charge is -2.20. The van der Waals surface area contributed by atoms with E-state index in [1.165, 1.54) is 0 Å². The van der Waals surface area contributed by atoms with Gasteiger partial charge in [-0.05, 0) is 51.0 Å². The Kier molecular flexibility index (Phi) is 4.35. The molecule has 0 spiro atoms. The molecule has 2 N–H and O–H groups in total. The Morgan fingerprint density at radius 3 is 2.50 bits per heavy atom. The Balaban J connectivity index is 2.78. The summed E-state index contributed by atoms with van der Waals surface area (Å²) in [7, 11) is 0. The van der Waals surface area contributed by atoms with Crippen LogP contribution in [0.25, 0.3) is 0 Å². The lowest BCUT2D eigenvalue weighted by molar-refractivity contribution is -0.148. The van der Waals surface area contributed by atoms with Crippen LogP contribution in [0.5, 0.6) is 5.75 Å². The fourth-order valence-electron chi connectivity index (χ4n) is 1.41. The Labute approximate surface area is 107 Å². The van der Waals surface area contributed by atoms with Gasteiger partial charge in [0.25, 0.3) is 0 Å². The van der Waals surface area contributed by atoms with Crippen molar-refractivity contribution in [1.82, 2.24) is 0 Å². The van der Waals surface area contributed by atoms with Crippen molar-refractivity contribution in [2.45, 2.75) is 33.8 Å². The van der Waals surface area contributed by atoms with Gasteiger partial charge in [0, 0.05) is 0 Å². The molecular formula is C14H20O4. The smallest absolute Gasteiger partial charge is 0.312 e. The van der Waals surface area contributed by atoms with Crippen molar-refractivity contribution < 1.29 is 19.7 Å². The number of carboxylic acid groups (broad SMARTS) is 1. The molecule has 0 fully saturated rings. The summed E-state index contributed by atoms with van der Waals surface area (Å²) < 4.78 is 5.54. The maximum Gasteiger partial charge on any atom is 0.312 e. The average molecular weight is 252 g/mol. The number of benzene rings is 1. The molecule has 0 amide bonds. The van der Waals surface area contributed by atoms with Gasteiger partial charge in [-0.15, -0.1) is 0 Å². The Morgan fingerprint density at radius 1 is 1.44 bits per heavy atom. The van der Waals surface area contributed by atoms with E-state index in [2.05, 4.69) is 0 Å². The van der Waals surface area contributed by atoms with Crippen molar-refractivity contribution in [2.24, 2.45) is 5.41 Å². The number of aliphatic hydroxyl groups is 1. The lowest BCUT2D eigenvalue weighted by atomic mass is 9.95. The zero-order valence-corrected chi connectivity index (χ0v) is 11.2. The third-order valence-corrected chi connectivity index (χ3v) is 2.85. The normalized spacial score (nSPS) is 13.2. The molecule has 0 bridgehead atoms. The van der Waals surface area contributed by atoms with Crippen LogP contribution < -0.4 is 4.74 Å². The van der Waals surface area contributed by atoms with Crippen LogP contribution in [0, 0.1) is 12.3 Å². The molecule has 1 atom stereocenters. The van der Waals surface area contributed by atoms with Crippen LogP contribution in [0.4, 0.5) is 0 Å². The van der Waals surface area contributed by atoms with Gasteiger partial charge < -0.3 is 14.9 Å². The molecule has 1 rings (SSSR count). The van der Waals surface area contributed by atoms with Gasteiger partial charge in [0.2, 0.25) is 0 Å². The van der Waals surface area contributed by atoms with Crippen LogP contribution in [-0.4, -0.2) is 22.8 Å². The van der Waals surface area contributed by atoms with E-state index in [9.17, 15) is 9.90 Å². The third kappa shape index (κ3) is 3.47. The standard InChI is InChI=1S/C14H20O4/c1-9-7-11(10(2)15)5-6-12(9)18-8-14(3,4)13(16)17/h5-7,10,15H,8H2,1-4H3,(H,16,17).